The third kappa shape index (κ3) is 4.73. The lowest BCUT2D eigenvalue weighted by molar-refractivity contribution is 0.0534. The Hall–Kier alpha value is -3.32. The molecule has 172 valence electrons. The van der Waals surface area contributed by atoms with Crippen molar-refractivity contribution in [1.29, 1.82) is 0 Å². The summed E-state index contributed by atoms with van der Waals surface area (Å²) in [5, 5.41) is 5.15. The molecule has 4 rings (SSSR count). The van der Waals surface area contributed by atoms with E-state index >= 15 is 0 Å². The van der Waals surface area contributed by atoms with Gasteiger partial charge in [0.05, 0.1) is 30.3 Å². The molecule has 1 aliphatic heterocycles. The van der Waals surface area contributed by atoms with E-state index < -0.39 is 0 Å². The number of benzene rings is 2. The quantitative estimate of drug-likeness (QED) is 0.563. The van der Waals surface area contributed by atoms with Gasteiger partial charge in [-0.3, -0.25) is 9.59 Å². The first-order valence-electron chi connectivity index (χ1n) is 11.0. The number of aromatic nitrogens is 2. The van der Waals surface area contributed by atoms with Crippen molar-refractivity contribution in [3.05, 3.63) is 76.6 Å². The van der Waals surface area contributed by atoms with Crippen molar-refractivity contribution in [2.45, 2.75) is 19.8 Å². The van der Waals surface area contributed by atoms with Gasteiger partial charge in [0.15, 0.2) is 0 Å². The molecule has 0 bridgehead atoms. The molecular formula is C25H27ClN4O3. The summed E-state index contributed by atoms with van der Waals surface area (Å²) in [6.07, 6.45) is 1.64. The number of ether oxygens (including phenoxy) is 1. The molecule has 2 amide bonds. The zero-order chi connectivity index (χ0) is 23.5. The zero-order valence-corrected chi connectivity index (χ0v) is 19.7. The minimum Gasteiger partial charge on any atom is -0.497 e. The maximum Gasteiger partial charge on any atom is 0.257 e. The molecule has 0 aliphatic carbocycles. The lowest BCUT2D eigenvalue weighted by atomic mass is 10.0. The van der Waals surface area contributed by atoms with Crippen LogP contribution in [0.15, 0.2) is 54.7 Å². The summed E-state index contributed by atoms with van der Waals surface area (Å²) in [7, 11) is 1.59. The van der Waals surface area contributed by atoms with Crippen LogP contribution in [0, 0.1) is 0 Å². The summed E-state index contributed by atoms with van der Waals surface area (Å²) >= 11 is 6.02. The predicted molar refractivity (Wildman–Crippen MR) is 127 cm³/mol. The molecule has 2 heterocycles. The summed E-state index contributed by atoms with van der Waals surface area (Å²) in [5.74, 6) is 0.709. The lowest BCUT2D eigenvalue weighted by Crippen LogP contribution is -2.50. The van der Waals surface area contributed by atoms with Crippen molar-refractivity contribution < 1.29 is 14.3 Å². The number of carbonyl (C=O) groups is 2. The van der Waals surface area contributed by atoms with Crippen molar-refractivity contribution >= 4 is 23.4 Å². The fraction of sp³-hybridized carbons (Fsp3) is 0.320. The van der Waals surface area contributed by atoms with Gasteiger partial charge < -0.3 is 14.5 Å². The van der Waals surface area contributed by atoms with E-state index in [9.17, 15) is 9.59 Å². The fourth-order valence-electron chi connectivity index (χ4n) is 4.07. The van der Waals surface area contributed by atoms with Crippen LogP contribution in [0.25, 0.3) is 5.69 Å². The molecule has 33 heavy (non-hydrogen) atoms. The van der Waals surface area contributed by atoms with Crippen molar-refractivity contribution in [3.8, 4) is 11.4 Å². The van der Waals surface area contributed by atoms with Gasteiger partial charge in [0, 0.05) is 36.8 Å². The van der Waals surface area contributed by atoms with Gasteiger partial charge in [0.2, 0.25) is 0 Å². The number of methoxy groups -OCH3 is 1. The minimum atomic E-state index is -0.0598. The molecule has 0 atom stereocenters. The van der Waals surface area contributed by atoms with Crippen LogP contribution in [-0.4, -0.2) is 64.7 Å². The van der Waals surface area contributed by atoms with Crippen molar-refractivity contribution in [3.63, 3.8) is 0 Å². The van der Waals surface area contributed by atoms with Gasteiger partial charge in [-0.15, -0.1) is 0 Å². The molecule has 0 N–H and O–H groups in total. The first-order valence-corrected chi connectivity index (χ1v) is 11.3. The zero-order valence-electron chi connectivity index (χ0n) is 19.0. The molecule has 1 saturated heterocycles. The van der Waals surface area contributed by atoms with Gasteiger partial charge in [-0.2, -0.15) is 5.10 Å². The highest BCUT2D eigenvalue weighted by molar-refractivity contribution is 6.30. The maximum atomic E-state index is 13.4. The van der Waals surface area contributed by atoms with Crippen LogP contribution in [0.5, 0.6) is 5.75 Å². The van der Waals surface area contributed by atoms with Gasteiger partial charge in [-0.1, -0.05) is 25.4 Å². The summed E-state index contributed by atoms with van der Waals surface area (Å²) in [6, 6.07) is 14.5. The van der Waals surface area contributed by atoms with Crippen LogP contribution in [0.2, 0.25) is 5.02 Å². The normalized spacial score (nSPS) is 14.0. The summed E-state index contributed by atoms with van der Waals surface area (Å²) in [5.41, 5.74) is 2.92. The largest absolute Gasteiger partial charge is 0.497 e. The Morgan fingerprint density at radius 2 is 1.48 bits per heavy atom. The highest BCUT2D eigenvalue weighted by atomic mass is 35.5. The van der Waals surface area contributed by atoms with E-state index in [2.05, 4.69) is 5.10 Å². The Morgan fingerprint density at radius 3 is 2.03 bits per heavy atom. The monoisotopic (exact) mass is 466 g/mol. The van der Waals surface area contributed by atoms with E-state index in [-0.39, 0.29) is 17.7 Å². The Balaban J connectivity index is 1.47. The van der Waals surface area contributed by atoms with E-state index in [4.69, 9.17) is 16.3 Å². The maximum absolute atomic E-state index is 13.4. The first-order chi connectivity index (χ1) is 15.9. The molecule has 0 spiro atoms. The topological polar surface area (TPSA) is 67.7 Å². The standard InChI is InChI=1S/C25H27ClN4O3/c1-17(2)23-22(16-27-30(23)20-8-6-19(26)7-9-20)25(32)29-14-12-28(13-15-29)24(31)18-4-10-21(33-3)11-5-18/h4-11,16-17H,12-15H2,1-3H3. The number of halogens is 1. The van der Waals surface area contributed by atoms with E-state index in [1.54, 1.807) is 52.1 Å². The van der Waals surface area contributed by atoms with Crippen LogP contribution < -0.4 is 4.74 Å². The molecule has 7 nitrogen and oxygen atoms in total. The van der Waals surface area contributed by atoms with E-state index in [0.717, 1.165) is 11.4 Å². The van der Waals surface area contributed by atoms with Crippen molar-refractivity contribution in [2.24, 2.45) is 0 Å². The lowest BCUT2D eigenvalue weighted by Gasteiger charge is -2.35. The van der Waals surface area contributed by atoms with Crippen LogP contribution in [0.4, 0.5) is 0 Å². The molecule has 1 aliphatic rings. The molecule has 0 unspecified atom stereocenters. The highest BCUT2D eigenvalue weighted by Gasteiger charge is 2.29. The SMILES string of the molecule is COc1ccc(C(=O)N2CCN(C(=O)c3cnn(-c4ccc(Cl)cc4)c3C(C)C)CC2)cc1. The summed E-state index contributed by atoms with van der Waals surface area (Å²) in [4.78, 5) is 29.8. The molecule has 3 aromatic rings. The van der Waals surface area contributed by atoms with Gasteiger partial charge >= 0.3 is 0 Å². The molecular weight excluding hydrogens is 440 g/mol. The third-order valence-electron chi connectivity index (χ3n) is 5.85. The van der Waals surface area contributed by atoms with Crippen LogP contribution in [0.3, 0.4) is 0 Å². The number of nitrogens with zero attached hydrogens (tertiary/aromatic N) is 4. The number of hydrogen-bond donors (Lipinski definition) is 0. The molecule has 1 aromatic heterocycles. The molecule has 0 radical (unpaired) electrons. The molecule has 0 saturated carbocycles. The van der Waals surface area contributed by atoms with Crippen molar-refractivity contribution in [2.75, 3.05) is 33.3 Å². The number of rotatable bonds is 5. The van der Waals surface area contributed by atoms with Gasteiger partial charge in [0.25, 0.3) is 11.8 Å². The number of carbonyl (C=O) groups excluding carboxylic acids is 2. The van der Waals surface area contributed by atoms with Crippen LogP contribution >= 0.6 is 11.6 Å². The summed E-state index contributed by atoms with van der Waals surface area (Å²) in [6.45, 7) is 6.02. The second-order valence-electron chi connectivity index (χ2n) is 8.30. The molecule has 8 heteroatoms. The van der Waals surface area contributed by atoms with Crippen LogP contribution in [-0.2, 0) is 0 Å². The average molecular weight is 467 g/mol. The molecule has 1 fully saturated rings. The Morgan fingerprint density at radius 1 is 0.909 bits per heavy atom. The second-order valence-corrected chi connectivity index (χ2v) is 8.74. The predicted octanol–water partition coefficient (Wildman–Crippen LogP) is 4.26. The Kier molecular flexibility index (Phi) is 6.70. The number of piperazine rings is 1. The van der Waals surface area contributed by atoms with E-state index in [1.807, 2.05) is 38.1 Å². The van der Waals surface area contributed by atoms with Crippen LogP contribution in [0.1, 0.15) is 46.2 Å². The van der Waals surface area contributed by atoms with Gasteiger partial charge in [-0.05, 0) is 54.4 Å². The Bertz CT molecular complexity index is 1130. The second kappa shape index (κ2) is 9.67. The fourth-order valence-corrected chi connectivity index (χ4v) is 4.19. The first kappa shape index (κ1) is 22.9. The Labute approximate surface area is 198 Å². The number of hydrogen-bond acceptors (Lipinski definition) is 4. The van der Waals surface area contributed by atoms with E-state index in [0.29, 0.717) is 48.1 Å². The smallest absolute Gasteiger partial charge is 0.257 e. The number of amides is 2. The minimum absolute atomic E-state index is 0.0387. The van der Waals surface area contributed by atoms with Crippen molar-refractivity contribution in [1.82, 2.24) is 19.6 Å². The van der Waals surface area contributed by atoms with Gasteiger partial charge in [0.1, 0.15) is 5.75 Å². The van der Waals surface area contributed by atoms with Gasteiger partial charge in [-0.25, -0.2) is 4.68 Å². The summed E-state index contributed by atoms with van der Waals surface area (Å²) < 4.78 is 6.96. The molecule has 2 aromatic carbocycles. The van der Waals surface area contributed by atoms with E-state index in [1.165, 1.54) is 0 Å². The average Bonchev–Trinajstić information content (AvgIpc) is 3.29. The third-order valence-corrected chi connectivity index (χ3v) is 6.10. The highest BCUT2D eigenvalue weighted by Crippen LogP contribution is 2.25.